The van der Waals surface area contributed by atoms with Crippen molar-refractivity contribution < 1.29 is 5.11 Å². The van der Waals surface area contributed by atoms with E-state index in [0.717, 1.165) is 10.5 Å². The van der Waals surface area contributed by atoms with Crippen LogP contribution in [0.25, 0.3) is 0 Å². The van der Waals surface area contributed by atoms with Gasteiger partial charge in [-0.15, -0.1) is 0 Å². The van der Waals surface area contributed by atoms with E-state index in [1.807, 2.05) is 24.3 Å². The molecule has 0 aromatic heterocycles. The van der Waals surface area contributed by atoms with Gasteiger partial charge in [-0.1, -0.05) is 18.2 Å². The van der Waals surface area contributed by atoms with Crippen LogP contribution in [0.2, 0.25) is 0 Å². The fourth-order valence-corrected chi connectivity index (χ4v) is 2.02. The molecule has 1 aromatic carbocycles. The highest BCUT2D eigenvalue weighted by atomic mass is 32.2. The van der Waals surface area contributed by atoms with E-state index in [0.29, 0.717) is 6.54 Å². The number of hydrogen-bond acceptors (Lipinski definition) is 3. The first-order valence-electron chi connectivity index (χ1n) is 3.54. The first-order valence-corrected chi connectivity index (χ1v) is 4.36. The standard InChI is InChI=1S/C8H9NOS/c10-7-5-9-11-8-4-2-1-3-6(7)8/h1-4,7,9-10H,5H2. The zero-order chi connectivity index (χ0) is 7.68. The minimum Gasteiger partial charge on any atom is -0.387 e. The predicted molar refractivity (Wildman–Crippen MR) is 45.3 cm³/mol. The fraction of sp³-hybridized carbons (Fsp3) is 0.250. The summed E-state index contributed by atoms with van der Waals surface area (Å²) in [5, 5.41) is 9.49. The Bertz CT molecular complexity index is 264. The van der Waals surface area contributed by atoms with E-state index < -0.39 is 0 Å². The van der Waals surface area contributed by atoms with Crippen molar-refractivity contribution in [3.8, 4) is 0 Å². The van der Waals surface area contributed by atoms with Crippen LogP contribution in [0.5, 0.6) is 0 Å². The number of benzene rings is 1. The molecular weight excluding hydrogens is 158 g/mol. The van der Waals surface area contributed by atoms with E-state index in [2.05, 4.69) is 4.72 Å². The van der Waals surface area contributed by atoms with Gasteiger partial charge in [0.2, 0.25) is 0 Å². The molecule has 0 fully saturated rings. The highest BCUT2D eigenvalue weighted by Crippen LogP contribution is 2.29. The first kappa shape index (κ1) is 7.16. The Morgan fingerprint density at radius 1 is 1.45 bits per heavy atom. The molecule has 2 N–H and O–H groups in total. The van der Waals surface area contributed by atoms with Gasteiger partial charge in [-0.3, -0.25) is 4.72 Å². The molecule has 1 aliphatic heterocycles. The number of β-amino-alcohol motifs (C(OH)–C–C–N with tert-alkyl or cyclic N) is 1. The summed E-state index contributed by atoms with van der Waals surface area (Å²) in [5.41, 5.74) is 1.04. The average molecular weight is 167 g/mol. The predicted octanol–water partition coefficient (Wildman–Crippen LogP) is 1.33. The molecule has 0 amide bonds. The van der Waals surface area contributed by atoms with Crippen LogP contribution in [0, 0.1) is 0 Å². The maximum atomic E-state index is 9.49. The van der Waals surface area contributed by atoms with Gasteiger partial charge in [0.25, 0.3) is 0 Å². The maximum absolute atomic E-state index is 9.49. The normalized spacial score (nSPS) is 22.8. The molecule has 1 atom stereocenters. The molecule has 2 rings (SSSR count). The van der Waals surface area contributed by atoms with Gasteiger partial charge in [0.05, 0.1) is 6.10 Å². The summed E-state index contributed by atoms with van der Waals surface area (Å²) in [6.07, 6.45) is -0.340. The van der Waals surface area contributed by atoms with Gasteiger partial charge in [-0.2, -0.15) is 0 Å². The zero-order valence-corrected chi connectivity index (χ0v) is 6.77. The molecule has 0 bridgehead atoms. The van der Waals surface area contributed by atoms with Crippen LogP contribution in [0.15, 0.2) is 29.2 Å². The summed E-state index contributed by atoms with van der Waals surface area (Å²) in [6.45, 7) is 0.641. The molecule has 2 nitrogen and oxygen atoms in total. The van der Waals surface area contributed by atoms with Gasteiger partial charge in [-0.25, -0.2) is 0 Å². The van der Waals surface area contributed by atoms with E-state index in [-0.39, 0.29) is 6.10 Å². The number of rotatable bonds is 0. The number of aliphatic hydroxyl groups excluding tert-OH is 1. The lowest BCUT2D eigenvalue weighted by Gasteiger charge is -2.20. The van der Waals surface area contributed by atoms with Gasteiger partial charge in [-0.05, 0) is 23.6 Å². The molecule has 0 spiro atoms. The van der Waals surface area contributed by atoms with Crippen LogP contribution >= 0.6 is 11.9 Å². The van der Waals surface area contributed by atoms with E-state index in [4.69, 9.17) is 0 Å². The van der Waals surface area contributed by atoms with Gasteiger partial charge in [0.15, 0.2) is 0 Å². The summed E-state index contributed by atoms with van der Waals surface area (Å²) in [6, 6.07) is 7.91. The zero-order valence-electron chi connectivity index (χ0n) is 5.95. The molecule has 0 saturated heterocycles. The molecule has 0 aliphatic carbocycles. The Morgan fingerprint density at radius 2 is 2.27 bits per heavy atom. The summed E-state index contributed by atoms with van der Waals surface area (Å²) >= 11 is 1.58. The van der Waals surface area contributed by atoms with Crippen LogP contribution in [0.1, 0.15) is 11.7 Å². The fourth-order valence-electron chi connectivity index (χ4n) is 1.16. The van der Waals surface area contributed by atoms with Crippen LogP contribution in [-0.4, -0.2) is 11.7 Å². The second-order valence-electron chi connectivity index (χ2n) is 2.50. The highest BCUT2D eigenvalue weighted by molar-refractivity contribution is 7.97. The van der Waals surface area contributed by atoms with Crippen molar-refractivity contribution in [2.45, 2.75) is 11.0 Å². The molecule has 1 heterocycles. The largest absolute Gasteiger partial charge is 0.387 e. The van der Waals surface area contributed by atoms with Crippen LogP contribution in [0.3, 0.4) is 0 Å². The van der Waals surface area contributed by atoms with Crippen molar-refractivity contribution in [3.05, 3.63) is 29.8 Å². The minimum atomic E-state index is -0.340. The molecule has 0 saturated carbocycles. The third kappa shape index (κ3) is 1.27. The highest BCUT2D eigenvalue weighted by Gasteiger charge is 2.16. The molecule has 1 unspecified atom stereocenters. The van der Waals surface area contributed by atoms with E-state index in [1.165, 1.54) is 0 Å². The van der Waals surface area contributed by atoms with Crippen molar-refractivity contribution in [2.24, 2.45) is 0 Å². The first-order chi connectivity index (χ1) is 5.38. The monoisotopic (exact) mass is 167 g/mol. The van der Waals surface area contributed by atoms with Crippen LogP contribution in [-0.2, 0) is 0 Å². The third-order valence-electron chi connectivity index (χ3n) is 1.74. The van der Waals surface area contributed by atoms with Crippen molar-refractivity contribution in [2.75, 3.05) is 6.54 Å². The van der Waals surface area contributed by atoms with E-state index >= 15 is 0 Å². The maximum Gasteiger partial charge on any atom is 0.0935 e. The van der Waals surface area contributed by atoms with Crippen LogP contribution in [0.4, 0.5) is 0 Å². The quantitative estimate of drug-likeness (QED) is 0.572. The molecule has 1 aromatic rings. The molecule has 3 heteroatoms. The Labute approximate surface area is 69.8 Å². The number of aliphatic hydroxyl groups is 1. The van der Waals surface area contributed by atoms with E-state index in [1.54, 1.807) is 11.9 Å². The van der Waals surface area contributed by atoms with Crippen molar-refractivity contribution in [1.82, 2.24) is 4.72 Å². The molecule has 1 aliphatic rings. The second kappa shape index (κ2) is 2.85. The van der Waals surface area contributed by atoms with Gasteiger partial charge in [0.1, 0.15) is 0 Å². The Kier molecular flexibility index (Phi) is 1.85. The lowest BCUT2D eigenvalue weighted by atomic mass is 10.1. The molecule has 11 heavy (non-hydrogen) atoms. The van der Waals surface area contributed by atoms with Crippen molar-refractivity contribution in [3.63, 3.8) is 0 Å². The minimum absolute atomic E-state index is 0.340. The SMILES string of the molecule is OC1CNSc2ccccc21. The number of hydrogen-bond donors (Lipinski definition) is 2. The average Bonchev–Trinajstić information content (AvgIpc) is 2.06. The van der Waals surface area contributed by atoms with Gasteiger partial charge < -0.3 is 5.11 Å². The number of nitrogens with one attached hydrogen (secondary N) is 1. The topological polar surface area (TPSA) is 32.3 Å². The summed E-state index contributed by atoms with van der Waals surface area (Å²) < 4.78 is 3.06. The summed E-state index contributed by atoms with van der Waals surface area (Å²) in [7, 11) is 0. The van der Waals surface area contributed by atoms with Crippen molar-refractivity contribution >= 4 is 11.9 Å². The molecule has 58 valence electrons. The smallest absolute Gasteiger partial charge is 0.0935 e. The van der Waals surface area contributed by atoms with Gasteiger partial charge in [0, 0.05) is 11.4 Å². The van der Waals surface area contributed by atoms with Crippen molar-refractivity contribution in [1.29, 1.82) is 0 Å². The molecular formula is C8H9NOS. The lowest BCUT2D eigenvalue weighted by molar-refractivity contribution is 0.177. The lowest BCUT2D eigenvalue weighted by Crippen LogP contribution is -2.20. The third-order valence-corrected chi connectivity index (χ3v) is 2.64. The Morgan fingerprint density at radius 3 is 3.09 bits per heavy atom. The van der Waals surface area contributed by atoms with Gasteiger partial charge >= 0.3 is 0 Å². The Hall–Kier alpha value is -0.510. The number of fused-ring (bicyclic) bond motifs is 1. The second-order valence-corrected chi connectivity index (χ2v) is 3.44. The summed E-state index contributed by atoms with van der Waals surface area (Å²) in [4.78, 5) is 1.13. The van der Waals surface area contributed by atoms with Crippen LogP contribution < -0.4 is 4.72 Å². The van der Waals surface area contributed by atoms with E-state index in [9.17, 15) is 5.11 Å². The Balaban J connectivity index is 2.44. The summed E-state index contributed by atoms with van der Waals surface area (Å²) in [5.74, 6) is 0. The molecule has 0 radical (unpaired) electrons.